The van der Waals surface area contributed by atoms with Crippen LogP contribution < -0.4 is 15.8 Å². The van der Waals surface area contributed by atoms with Gasteiger partial charge in [0.15, 0.2) is 0 Å². The van der Waals surface area contributed by atoms with E-state index in [-0.39, 0.29) is 5.91 Å². The van der Waals surface area contributed by atoms with E-state index in [0.717, 1.165) is 30.7 Å². The molecule has 0 aliphatic heterocycles. The molecule has 0 aromatic heterocycles. The van der Waals surface area contributed by atoms with Crippen molar-refractivity contribution in [3.8, 4) is 5.75 Å². The highest BCUT2D eigenvalue weighted by molar-refractivity contribution is 7.80. The van der Waals surface area contributed by atoms with E-state index >= 15 is 0 Å². The zero-order chi connectivity index (χ0) is 15.5. The van der Waals surface area contributed by atoms with E-state index in [4.69, 9.17) is 22.7 Å². The third-order valence-corrected chi connectivity index (χ3v) is 4.28. The van der Waals surface area contributed by atoms with E-state index in [9.17, 15) is 4.79 Å². The van der Waals surface area contributed by atoms with Gasteiger partial charge in [0.1, 0.15) is 5.75 Å². The SMILES string of the molecule is CCCOc1ccc(NC(=O)C2(C(N)=S)CC(C)C2)cc1. The average molecular weight is 306 g/mol. The fourth-order valence-corrected chi connectivity index (χ4v) is 2.99. The van der Waals surface area contributed by atoms with Gasteiger partial charge >= 0.3 is 0 Å². The van der Waals surface area contributed by atoms with Gasteiger partial charge in [0.25, 0.3) is 0 Å². The van der Waals surface area contributed by atoms with Gasteiger partial charge in [0, 0.05) is 5.69 Å². The first-order chi connectivity index (χ1) is 9.98. The van der Waals surface area contributed by atoms with E-state index in [0.29, 0.717) is 17.5 Å². The summed E-state index contributed by atoms with van der Waals surface area (Å²) in [6.07, 6.45) is 2.42. The normalized spacial score (nSPS) is 24.0. The molecule has 1 saturated carbocycles. The lowest BCUT2D eigenvalue weighted by molar-refractivity contribution is -0.127. The standard InChI is InChI=1S/C16H22N2O2S/c1-3-8-20-13-6-4-12(5-7-13)18-15(19)16(14(17)21)9-11(2)10-16/h4-7,11H,3,8-10H2,1-2H3,(H2,17,21)(H,18,19). The summed E-state index contributed by atoms with van der Waals surface area (Å²) in [5.41, 5.74) is 5.84. The molecule has 0 spiro atoms. The zero-order valence-corrected chi connectivity index (χ0v) is 13.3. The van der Waals surface area contributed by atoms with Crippen LogP contribution in [0.4, 0.5) is 5.69 Å². The van der Waals surface area contributed by atoms with Gasteiger partial charge in [-0.1, -0.05) is 26.1 Å². The Hall–Kier alpha value is -1.62. The van der Waals surface area contributed by atoms with Gasteiger partial charge in [-0.05, 0) is 49.4 Å². The Morgan fingerprint density at radius 3 is 2.52 bits per heavy atom. The lowest BCUT2D eigenvalue weighted by Crippen LogP contribution is -2.53. The Bertz CT molecular complexity index is 522. The molecule has 1 aliphatic carbocycles. The first kappa shape index (κ1) is 15.8. The first-order valence-corrected chi connectivity index (χ1v) is 7.73. The smallest absolute Gasteiger partial charge is 0.237 e. The second kappa shape index (κ2) is 6.43. The Balaban J connectivity index is 2.00. The number of nitrogens with one attached hydrogen (secondary N) is 1. The van der Waals surface area contributed by atoms with Gasteiger partial charge in [-0.15, -0.1) is 0 Å². The largest absolute Gasteiger partial charge is 0.494 e. The number of amides is 1. The van der Waals surface area contributed by atoms with Crippen molar-refractivity contribution in [3.05, 3.63) is 24.3 Å². The van der Waals surface area contributed by atoms with Crippen LogP contribution in [0.2, 0.25) is 0 Å². The van der Waals surface area contributed by atoms with Crippen LogP contribution in [-0.4, -0.2) is 17.5 Å². The highest BCUT2D eigenvalue weighted by Crippen LogP contribution is 2.46. The second-order valence-corrected chi connectivity index (χ2v) is 6.23. The van der Waals surface area contributed by atoms with Gasteiger partial charge < -0.3 is 15.8 Å². The third-order valence-electron chi connectivity index (χ3n) is 3.89. The predicted octanol–water partition coefficient (Wildman–Crippen LogP) is 3.12. The summed E-state index contributed by atoms with van der Waals surface area (Å²) in [6, 6.07) is 7.36. The lowest BCUT2D eigenvalue weighted by atomic mass is 9.62. The molecule has 21 heavy (non-hydrogen) atoms. The number of carbonyl (C=O) groups excluding carboxylic acids is 1. The molecule has 0 heterocycles. The van der Waals surface area contributed by atoms with Crippen LogP contribution in [0.5, 0.6) is 5.75 Å². The lowest BCUT2D eigenvalue weighted by Gasteiger charge is -2.44. The highest BCUT2D eigenvalue weighted by Gasteiger charge is 2.50. The molecule has 0 atom stereocenters. The minimum absolute atomic E-state index is 0.102. The monoisotopic (exact) mass is 306 g/mol. The van der Waals surface area contributed by atoms with Crippen molar-refractivity contribution >= 4 is 28.8 Å². The van der Waals surface area contributed by atoms with Crippen LogP contribution in [0.3, 0.4) is 0 Å². The molecule has 2 rings (SSSR count). The Kier molecular flexibility index (Phi) is 4.83. The van der Waals surface area contributed by atoms with Gasteiger partial charge in [0.05, 0.1) is 17.0 Å². The van der Waals surface area contributed by atoms with Crippen molar-refractivity contribution in [2.45, 2.75) is 33.1 Å². The molecule has 0 bridgehead atoms. The Morgan fingerprint density at radius 2 is 2.05 bits per heavy atom. The quantitative estimate of drug-likeness (QED) is 0.793. The van der Waals surface area contributed by atoms with Gasteiger partial charge in [-0.3, -0.25) is 4.79 Å². The van der Waals surface area contributed by atoms with Gasteiger partial charge in [-0.2, -0.15) is 0 Å². The van der Waals surface area contributed by atoms with Crippen LogP contribution in [-0.2, 0) is 4.79 Å². The molecule has 1 amide bonds. The molecular weight excluding hydrogens is 284 g/mol. The summed E-state index contributed by atoms with van der Waals surface area (Å²) >= 11 is 5.09. The van der Waals surface area contributed by atoms with Crippen molar-refractivity contribution in [2.75, 3.05) is 11.9 Å². The van der Waals surface area contributed by atoms with E-state index in [1.54, 1.807) is 0 Å². The van der Waals surface area contributed by atoms with E-state index in [2.05, 4.69) is 19.2 Å². The van der Waals surface area contributed by atoms with Crippen molar-refractivity contribution in [2.24, 2.45) is 17.1 Å². The predicted molar refractivity (Wildman–Crippen MR) is 88.5 cm³/mol. The van der Waals surface area contributed by atoms with Crippen LogP contribution in [0.25, 0.3) is 0 Å². The topological polar surface area (TPSA) is 64.3 Å². The minimum Gasteiger partial charge on any atom is -0.494 e. The number of benzene rings is 1. The van der Waals surface area contributed by atoms with Crippen LogP contribution >= 0.6 is 12.2 Å². The number of hydrogen-bond donors (Lipinski definition) is 2. The minimum atomic E-state index is -0.674. The average Bonchev–Trinajstić information content (AvgIpc) is 2.42. The van der Waals surface area contributed by atoms with E-state index < -0.39 is 5.41 Å². The maximum Gasteiger partial charge on any atom is 0.237 e. The highest BCUT2D eigenvalue weighted by atomic mass is 32.1. The molecule has 4 nitrogen and oxygen atoms in total. The van der Waals surface area contributed by atoms with Crippen molar-refractivity contribution in [1.82, 2.24) is 0 Å². The molecule has 1 aliphatic rings. The van der Waals surface area contributed by atoms with Crippen molar-refractivity contribution in [1.29, 1.82) is 0 Å². The molecule has 5 heteroatoms. The number of hydrogen-bond acceptors (Lipinski definition) is 3. The van der Waals surface area contributed by atoms with Gasteiger partial charge in [0.2, 0.25) is 5.91 Å². The van der Waals surface area contributed by atoms with E-state index in [1.807, 2.05) is 24.3 Å². The van der Waals surface area contributed by atoms with Crippen LogP contribution in [0.15, 0.2) is 24.3 Å². The number of nitrogens with two attached hydrogens (primary N) is 1. The summed E-state index contributed by atoms with van der Waals surface area (Å²) in [6.45, 7) is 4.85. The van der Waals surface area contributed by atoms with Crippen molar-refractivity contribution < 1.29 is 9.53 Å². The third kappa shape index (κ3) is 3.35. The summed E-state index contributed by atoms with van der Waals surface area (Å²) in [5, 5.41) is 2.91. The fraction of sp³-hybridized carbons (Fsp3) is 0.500. The zero-order valence-electron chi connectivity index (χ0n) is 12.5. The summed E-state index contributed by atoms with van der Waals surface area (Å²) in [7, 11) is 0. The molecule has 0 unspecified atom stereocenters. The maximum absolute atomic E-state index is 12.5. The Morgan fingerprint density at radius 1 is 1.43 bits per heavy atom. The summed E-state index contributed by atoms with van der Waals surface area (Å²) in [5.74, 6) is 1.19. The summed E-state index contributed by atoms with van der Waals surface area (Å²) in [4.78, 5) is 12.7. The van der Waals surface area contributed by atoms with E-state index in [1.165, 1.54) is 0 Å². The fourth-order valence-electron chi connectivity index (χ4n) is 2.73. The number of anilines is 1. The molecule has 1 aromatic carbocycles. The Labute approximate surface area is 131 Å². The second-order valence-electron chi connectivity index (χ2n) is 5.79. The molecule has 3 N–H and O–H groups in total. The summed E-state index contributed by atoms with van der Waals surface area (Å²) < 4.78 is 5.51. The van der Waals surface area contributed by atoms with Crippen molar-refractivity contribution in [3.63, 3.8) is 0 Å². The van der Waals surface area contributed by atoms with Gasteiger partial charge in [-0.25, -0.2) is 0 Å². The molecule has 1 fully saturated rings. The molecule has 1 aromatic rings. The first-order valence-electron chi connectivity index (χ1n) is 7.32. The molecule has 0 radical (unpaired) electrons. The molecule has 114 valence electrons. The number of thiocarbonyl (C=S) groups is 1. The number of rotatable bonds is 6. The van der Waals surface area contributed by atoms with Crippen LogP contribution in [0, 0.1) is 11.3 Å². The molecular formula is C16H22N2O2S. The number of carbonyl (C=O) groups is 1. The molecule has 0 saturated heterocycles. The maximum atomic E-state index is 12.5. The number of ether oxygens (including phenoxy) is 1. The van der Waals surface area contributed by atoms with Crippen LogP contribution in [0.1, 0.15) is 33.1 Å².